The third-order valence-electron chi connectivity index (χ3n) is 3.48. The molecule has 2 unspecified atom stereocenters. The third-order valence-corrected chi connectivity index (χ3v) is 3.48. The predicted molar refractivity (Wildman–Crippen MR) is 72.1 cm³/mol. The molecule has 0 spiro atoms. The number of methoxy groups -OCH3 is 1. The molecule has 1 heterocycles. The largest absolute Gasteiger partial charge is 0.493 e. The van der Waals surface area contributed by atoms with Crippen molar-refractivity contribution >= 4 is 0 Å². The summed E-state index contributed by atoms with van der Waals surface area (Å²) in [6, 6.07) is 8.02. The van der Waals surface area contributed by atoms with Gasteiger partial charge in [0.2, 0.25) is 0 Å². The van der Waals surface area contributed by atoms with Crippen LogP contribution in [0.3, 0.4) is 0 Å². The number of ether oxygens (including phenoxy) is 2. The molecule has 1 aliphatic heterocycles. The molecule has 4 heteroatoms. The Bertz CT molecular complexity index is 374. The summed E-state index contributed by atoms with van der Waals surface area (Å²) in [5, 5.41) is 0. The van der Waals surface area contributed by atoms with Gasteiger partial charge in [0.1, 0.15) is 6.61 Å². The Morgan fingerprint density at radius 2 is 2.00 bits per heavy atom. The lowest BCUT2D eigenvalue weighted by atomic mass is 10.1. The molecular formula is C14H22N2O2. The van der Waals surface area contributed by atoms with Crippen LogP contribution in [-0.2, 0) is 0 Å². The summed E-state index contributed by atoms with van der Waals surface area (Å²) in [4.78, 5) is 2.35. The van der Waals surface area contributed by atoms with Crippen molar-refractivity contribution in [3.8, 4) is 11.5 Å². The number of nitrogens with two attached hydrogens (primary N) is 1. The van der Waals surface area contributed by atoms with E-state index in [2.05, 4.69) is 11.8 Å². The molecule has 1 aliphatic rings. The van der Waals surface area contributed by atoms with Crippen molar-refractivity contribution in [2.24, 2.45) is 11.7 Å². The van der Waals surface area contributed by atoms with Crippen LogP contribution in [0.25, 0.3) is 0 Å². The zero-order valence-electron chi connectivity index (χ0n) is 11.1. The minimum Gasteiger partial charge on any atom is -0.493 e. The maximum absolute atomic E-state index is 5.99. The van der Waals surface area contributed by atoms with E-state index in [1.54, 1.807) is 7.11 Å². The van der Waals surface area contributed by atoms with Gasteiger partial charge in [0, 0.05) is 25.7 Å². The van der Waals surface area contributed by atoms with E-state index >= 15 is 0 Å². The van der Waals surface area contributed by atoms with Crippen LogP contribution in [0, 0.1) is 5.92 Å². The maximum Gasteiger partial charge on any atom is 0.161 e. The second kappa shape index (κ2) is 6.07. The lowest BCUT2D eigenvalue weighted by Crippen LogP contribution is -2.30. The molecule has 0 radical (unpaired) electrons. The summed E-state index contributed by atoms with van der Waals surface area (Å²) in [5.74, 6) is 2.16. The molecule has 1 aromatic rings. The molecule has 4 nitrogen and oxygen atoms in total. The fourth-order valence-corrected chi connectivity index (χ4v) is 2.30. The molecular weight excluding hydrogens is 228 g/mol. The van der Waals surface area contributed by atoms with Gasteiger partial charge in [0.15, 0.2) is 11.5 Å². The molecule has 0 amide bonds. The Hall–Kier alpha value is -1.26. The highest BCUT2D eigenvalue weighted by molar-refractivity contribution is 5.39. The second-order valence-corrected chi connectivity index (χ2v) is 4.90. The van der Waals surface area contributed by atoms with Gasteiger partial charge in [-0.05, 0) is 18.1 Å². The van der Waals surface area contributed by atoms with Gasteiger partial charge >= 0.3 is 0 Å². The van der Waals surface area contributed by atoms with Gasteiger partial charge in [-0.1, -0.05) is 19.1 Å². The van der Waals surface area contributed by atoms with Crippen LogP contribution < -0.4 is 15.2 Å². The zero-order valence-corrected chi connectivity index (χ0v) is 11.1. The van der Waals surface area contributed by atoms with Crippen LogP contribution in [0.1, 0.15) is 6.92 Å². The average molecular weight is 250 g/mol. The Kier molecular flexibility index (Phi) is 4.44. The summed E-state index contributed by atoms with van der Waals surface area (Å²) in [6.07, 6.45) is 0. The lowest BCUT2D eigenvalue weighted by Gasteiger charge is -2.16. The third kappa shape index (κ3) is 3.15. The summed E-state index contributed by atoms with van der Waals surface area (Å²) in [6.45, 7) is 5.81. The van der Waals surface area contributed by atoms with Crippen LogP contribution >= 0.6 is 0 Å². The Morgan fingerprint density at radius 3 is 2.61 bits per heavy atom. The molecule has 1 aromatic carbocycles. The Balaban J connectivity index is 1.79. The summed E-state index contributed by atoms with van der Waals surface area (Å²) < 4.78 is 11.0. The summed E-state index contributed by atoms with van der Waals surface area (Å²) in [7, 11) is 1.66. The van der Waals surface area contributed by atoms with Gasteiger partial charge < -0.3 is 15.2 Å². The Morgan fingerprint density at radius 1 is 1.28 bits per heavy atom. The van der Waals surface area contributed by atoms with Crippen LogP contribution in [0.15, 0.2) is 24.3 Å². The highest BCUT2D eigenvalue weighted by Gasteiger charge is 2.25. The average Bonchev–Trinajstić information content (AvgIpc) is 2.69. The van der Waals surface area contributed by atoms with Crippen molar-refractivity contribution < 1.29 is 9.47 Å². The lowest BCUT2D eigenvalue weighted by molar-refractivity contribution is 0.226. The molecule has 1 fully saturated rings. The minimum absolute atomic E-state index is 0.302. The van der Waals surface area contributed by atoms with Gasteiger partial charge in [-0.2, -0.15) is 0 Å². The van der Waals surface area contributed by atoms with E-state index < -0.39 is 0 Å². The van der Waals surface area contributed by atoms with Crippen LogP contribution in [0.2, 0.25) is 0 Å². The molecule has 0 saturated carbocycles. The van der Waals surface area contributed by atoms with Gasteiger partial charge in [-0.3, -0.25) is 4.90 Å². The van der Waals surface area contributed by atoms with E-state index in [-0.39, 0.29) is 0 Å². The topological polar surface area (TPSA) is 47.7 Å². The van der Waals surface area contributed by atoms with Crippen LogP contribution in [-0.4, -0.2) is 44.3 Å². The molecule has 0 aromatic heterocycles. The number of nitrogens with zero attached hydrogens (tertiary/aromatic N) is 1. The monoisotopic (exact) mass is 250 g/mol. The molecule has 100 valence electrons. The number of hydrogen-bond acceptors (Lipinski definition) is 4. The summed E-state index contributed by atoms with van der Waals surface area (Å²) >= 11 is 0. The molecule has 2 N–H and O–H groups in total. The van der Waals surface area contributed by atoms with Gasteiger partial charge in [-0.25, -0.2) is 0 Å². The number of hydrogen-bond donors (Lipinski definition) is 1. The Labute approximate surface area is 109 Å². The quantitative estimate of drug-likeness (QED) is 0.857. The first-order valence-electron chi connectivity index (χ1n) is 6.44. The normalized spacial score (nSPS) is 24.2. The smallest absolute Gasteiger partial charge is 0.161 e. The molecule has 2 rings (SSSR count). The minimum atomic E-state index is 0.302. The summed E-state index contributed by atoms with van der Waals surface area (Å²) in [5.41, 5.74) is 5.99. The van der Waals surface area contributed by atoms with Crippen molar-refractivity contribution in [1.29, 1.82) is 0 Å². The van der Waals surface area contributed by atoms with E-state index in [1.165, 1.54) is 0 Å². The molecule has 2 atom stereocenters. The van der Waals surface area contributed by atoms with Gasteiger partial charge in [0.25, 0.3) is 0 Å². The van der Waals surface area contributed by atoms with Crippen molar-refractivity contribution in [2.75, 3.05) is 33.4 Å². The molecule has 18 heavy (non-hydrogen) atoms. The van der Waals surface area contributed by atoms with E-state index in [1.807, 2.05) is 24.3 Å². The first kappa shape index (κ1) is 13.2. The van der Waals surface area contributed by atoms with E-state index in [4.69, 9.17) is 15.2 Å². The van der Waals surface area contributed by atoms with Crippen molar-refractivity contribution in [2.45, 2.75) is 13.0 Å². The van der Waals surface area contributed by atoms with E-state index in [9.17, 15) is 0 Å². The molecule has 1 saturated heterocycles. The number of para-hydroxylation sites is 2. The maximum atomic E-state index is 5.99. The highest BCUT2D eigenvalue weighted by Crippen LogP contribution is 2.25. The van der Waals surface area contributed by atoms with E-state index in [0.29, 0.717) is 18.6 Å². The first-order valence-corrected chi connectivity index (χ1v) is 6.44. The number of likely N-dealkylation sites (tertiary alicyclic amines) is 1. The zero-order chi connectivity index (χ0) is 13.0. The number of rotatable bonds is 5. The van der Waals surface area contributed by atoms with Gasteiger partial charge in [-0.15, -0.1) is 0 Å². The predicted octanol–water partition coefficient (Wildman–Crippen LogP) is 1.35. The first-order chi connectivity index (χ1) is 8.70. The SMILES string of the molecule is COc1ccccc1OCCN1CC(C)C(N)C1. The highest BCUT2D eigenvalue weighted by atomic mass is 16.5. The number of benzene rings is 1. The van der Waals surface area contributed by atoms with Crippen LogP contribution in [0.5, 0.6) is 11.5 Å². The molecule has 0 aliphatic carbocycles. The van der Waals surface area contributed by atoms with Crippen molar-refractivity contribution in [3.05, 3.63) is 24.3 Å². The fraction of sp³-hybridized carbons (Fsp3) is 0.571. The second-order valence-electron chi connectivity index (χ2n) is 4.90. The standard InChI is InChI=1S/C14H22N2O2/c1-11-9-16(10-12(11)15)7-8-18-14-6-4-3-5-13(14)17-2/h3-6,11-12H,7-10,15H2,1-2H3. The van der Waals surface area contributed by atoms with Gasteiger partial charge in [0.05, 0.1) is 7.11 Å². The van der Waals surface area contributed by atoms with Crippen molar-refractivity contribution in [1.82, 2.24) is 4.90 Å². The fourth-order valence-electron chi connectivity index (χ4n) is 2.30. The van der Waals surface area contributed by atoms with Crippen LogP contribution in [0.4, 0.5) is 0 Å². The van der Waals surface area contributed by atoms with E-state index in [0.717, 1.165) is 31.1 Å². The van der Waals surface area contributed by atoms with Crippen molar-refractivity contribution in [3.63, 3.8) is 0 Å². The molecule has 0 bridgehead atoms.